The van der Waals surface area contributed by atoms with Crippen LogP contribution in [-0.4, -0.2) is 0 Å². The third kappa shape index (κ3) is 8.33. The number of unbranched alkanes of at least 4 members (excludes halogenated alkanes) is 2. The van der Waals surface area contributed by atoms with E-state index in [9.17, 15) is 0 Å². The lowest BCUT2D eigenvalue weighted by Gasteiger charge is -2.31. The van der Waals surface area contributed by atoms with Gasteiger partial charge in [-0.1, -0.05) is 75.1 Å². The fraction of sp³-hybridized carbons (Fsp3) is 0.633. The van der Waals surface area contributed by atoms with Crippen LogP contribution in [0.25, 0.3) is 0 Å². The van der Waals surface area contributed by atoms with E-state index in [1.54, 1.807) is 11.6 Å². The Labute approximate surface area is 191 Å². The highest BCUT2D eigenvalue weighted by Crippen LogP contribution is 2.40. The van der Waals surface area contributed by atoms with E-state index in [0.717, 1.165) is 23.7 Å². The number of benzene rings is 1. The molecule has 1 aromatic carbocycles. The van der Waals surface area contributed by atoms with Gasteiger partial charge in [0.1, 0.15) is 0 Å². The summed E-state index contributed by atoms with van der Waals surface area (Å²) in [5, 5.41) is 8.55. The van der Waals surface area contributed by atoms with Crippen LogP contribution in [0.4, 0.5) is 0 Å². The minimum Gasteiger partial charge on any atom is -0.193 e. The molecule has 0 amide bonds. The van der Waals surface area contributed by atoms with Crippen molar-refractivity contribution in [1.82, 2.24) is 0 Å². The number of allylic oxidation sites excluding steroid dienone is 4. The molecule has 2 fully saturated rings. The Morgan fingerprint density at radius 2 is 1.48 bits per heavy atom. The van der Waals surface area contributed by atoms with Crippen molar-refractivity contribution in [1.29, 1.82) is 5.26 Å². The van der Waals surface area contributed by atoms with Gasteiger partial charge in [-0.2, -0.15) is 5.26 Å². The van der Waals surface area contributed by atoms with Crippen LogP contribution in [0.1, 0.15) is 107 Å². The summed E-state index contributed by atoms with van der Waals surface area (Å²) in [5.74, 6) is 3.46. The standard InChI is InChI=1S/C30H43N/c1-2-3-5-8-26-16-20-29(21-17-26)30-22-18-28(19-23-30)15-14-27-12-10-25(11-13-27)9-6-4-7-24-31/h4,6-7,9,16-17,20-21,25,27-28,30H,2-3,5,8,10-15,18-19,22-23H2,1H3/b7-4+,9-6+. The largest absolute Gasteiger partial charge is 0.193 e. The van der Waals surface area contributed by atoms with Gasteiger partial charge in [0, 0.05) is 6.08 Å². The van der Waals surface area contributed by atoms with E-state index >= 15 is 0 Å². The number of aryl methyl sites for hydroxylation is 1. The molecule has 1 nitrogen and oxygen atoms in total. The van der Waals surface area contributed by atoms with Crippen molar-refractivity contribution < 1.29 is 0 Å². The van der Waals surface area contributed by atoms with Gasteiger partial charge in [-0.05, 0) is 99.0 Å². The van der Waals surface area contributed by atoms with Gasteiger partial charge in [0.05, 0.1) is 6.07 Å². The topological polar surface area (TPSA) is 23.8 Å². The van der Waals surface area contributed by atoms with Crippen molar-refractivity contribution in [2.24, 2.45) is 17.8 Å². The second-order valence-electron chi connectivity index (χ2n) is 10.1. The summed E-state index contributed by atoms with van der Waals surface area (Å²) in [6.07, 6.45) is 27.1. The normalized spacial score (nSPS) is 27.0. The third-order valence-corrected chi connectivity index (χ3v) is 7.91. The van der Waals surface area contributed by atoms with Crippen LogP contribution in [0.5, 0.6) is 0 Å². The zero-order valence-electron chi connectivity index (χ0n) is 19.8. The number of nitriles is 1. The molecule has 168 valence electrons. The molecule has 3 rings (SSSR count). The Hall–Kier alpha value is -1.81. The third-order valence-electron chi connectivity index (χ3n) is 7.91. The first-order valence-electron chi connectivity index (χ1n) is 13.1. The first kappa shape index (κ1) is 23.8. The van der Waals surface area contributed by atoms with Gasteiger partial charge < -0.3 is 0 Å². The number of nitrogens with zero attached hydrogens (tertiary/aromatic N) is 1. The van der Waals surface area contributed by atoms with Crippen LogP contribution in [0.2, 0.25) is 0 Å². The van der Waals surface area contributed by atoms with Gasteiger partial charge in [0.2, 0.25) is 0 Å². The first-order chi connectivity index (χ1) is 15.3. The zero-order chi connectivity index (χ0) is 21.7. The van der Waals surface area contributed by atoms with Crippen molar-refractivity contribution >= 4 is 0 Å². The number of hydrogen-bond acceptors (Lipinski definition) is 1. The average Bonchev–Trinajstić information content (AvgIpc) is 2.82. The van der Waals surface area contributed by atoms with Crippen LogP contribution in [-0.2, 0) is 6.42 Å². The molecule has 2 aliphatic rings. The van der Waals surface area contributed by atoms with E-state index in [1.807, 2.05) is 6.08 Å². The van der Waals surface area contributed by atoms with Crippen LogP contribution in [0, 0.1) is 29.1 Å². The van der Waals surface area contributed by atoms with E-state index in [2.05, 4.69) is 49.4 Å². The Morgan fingerprint density at radius 3 is 2.10 bits per heavy atom. The lowest BCUT2D eigenvalue weighted by molar-refractivity contribution is 0.246. The molecule has 2 aliphatic carbocycles. The Balaban J connectivity index is 1.31. The Morgan fingerprint density at radius 1 is 0.839 bits per heavy atom. The number of rotatable bonds is 10. The molecule has 0 saturated heterocycles. The molecule has 31 heavy (non-hydrogen) atoms. The van der Waals surface area contributed by atoms with Gasteiger partial charge in [0.15, 0.2) is 0 Å². The minimum atomic E-state index is 0.730. The summed E-state index contributed by atoms with van der Waals surface area (Å²) < 4.78 is 0. The summed E-state index contributed by atoms with van der Waals surface area (Å²) in [5.41, 5.74) is 3.11. The highest BCUT2D eigenvalue weighted by Gasteiger charge is 2.24. The van der Waals surface area contributed by atoms with E-state index in [-0.39, 0.29) is 0 Å². The predicted molar refractivity (Wildman–Crippen MR) is 133 cm³/mol. The first-order valence-corrected chi connectivity index (χ1v) is 13.1. The SMILES string of the molecule is CCCCCc1ccc(C2CCC(CCC3CCC(/C=C/C=C/C#N)CC3)CC2)cc1. The zero-order valence-corrected chi connectivity index (χ0v) is 19.8. The Kier molecular flexibility index (Phi) is 10.4. The van der Waals surface area contributed by atoms with Crippen LogP contribution in [0.3, 0.4) is 0 Å². The van der Waals surface area contributed by atoms with Crippen molar-refractivity contribution in [3.8, 4) is 6.07 Å². The lowest BCUT2D eigenvalue weighted by Crippen LogP contribution is -2.17. The van der Waals surface area contributed by atoms with Gasteiger partial charge >= 0.3 is 0 Å². The maximum absolute atomic E-state index is 8.55. The molecular formula is C30H43N. The molecule has 0 radical (unpaired) electrons. The molecule has 0 aromatic heterocycles. The maximum Gasteiger partial charge on any atom is 0.0912 e. The molecule has 0 spiro atoms. The van der Waals surface area contributed by atoms with Gasteiger partial charge in [-0.3, -0.25) is 0 Å². The Bertz CT molecular complexity index is 704. The van der Waals surface area contributed by atoms with Crippen LogP contribution < -0.4 is 0 Å². The molecule has 0 bridgehead atoms. The van der Waals surface area contributed by atoms with E-state index in [4.69, 9.17) is 5.26 Å². The molecule has 2 saturated carbocycles. The van der Waals surface area contributed by atoms with Crippen LogP contribution >= 0.6 is 0 Å². The lowest BCUT2D eigenvalue weighted by atomic mass is 9.74. The highest BCUT2D eigenvalue weighted by atomic mass is 14.3. The van der Waals surface area contributed by atoms with Crippen molar-refractivity contribution in [2.75, 3.05) is 0 Å². The molecular weight excluding hydrogens is 374 g/mol. The maximum atomic E-state index is 8.55. The molecule has 1 aromatic rings. The summed E-state index contributed by atoms with van der Waals surface area (Å²) in [6, 6.07) is 11.7. The molecule has 1 heteroatoms. The van der Waals surface area contributed by atoms with Crippen LogP contribution in [0.15, 0.2) is 48.6 Å². The predicted octanol–water partition coefficient (Wildman–Crippen LogP) is 8.92. The summed E-state index contributed by atoms with van der Waals surface area (Å²) >= 11 is 0. The average molecular weight is 418 g/mol. The minimum absolute atomic E-state index is 0.730. The molecule has 0 atom stereocenters. The fourth-order valence-electron chi connectivity index (χ4n) is 5.78. The summed E-state index contributed by atoms with van der Waals surface area (Å²) in [4.78, 5) is 0. The second kappa shape index (κ2) is 13.6. The van der Waals surface area contributed by atoms with Crippen molar-refractivity contribution in [2.45, 2.75) is 103 Å². The molecule has 0 N–H and O–H groups in total. The number of hydrogen-bond donors (Lipinski definition) is 0. The smallest absolute Gasteiger partial charge is 0.0912 e. The highest BCUT2D eigenvalue weighted by molar-refractivity contribution is 5.26. The molecule has 0 aliphatic heterocycles. The van der Waals surface area contributed by atoms with Gasteiger partial charge in [0.25, 0.3) is 0 Å². The molecule has 0 unspecified atom stereocenters. The van der Waals surface area contributed by atoms with E-state index < -0.39 is 0 Å². The quantitative estimate of drug-likeness (QED) is 0.212. The second-order valence-corrected chi connectivity index (χ2v) is 10.1. The summed E-state index contributed by atoms with van der Waals surface area (Å²) in [7, 11) is 0. The van der Waals surface area contributed by atoms with Crippen molar-refractivity contribution in [3.63, 3.8) is 0 Å². The van der Waals surface area contributed by atoms with Gasteiger partial charge in [-0.15, -0.1) is 0 Å². The van der Waals surface area contributed by atoms with Crippen molar-refractivity contribution in [3.05, 3.63) is 59.7 Å². The fourth-order valence-corrected chi connectivity index (χ4v) is 5.78. The van der Waals surface area contributed by atoms with E-state index in [0.29, 0.717) is 0 Å². The summed E-state index contributed by atoms with van der Waals surface area (Å²) in [6.45, 7) is 2.28. The van der Waals surface area contributed by atoms with E-state index in [1.165, 1.54) is 95.5 Å². The monoisotopic (exact) mass is 417 g/mol. The molecule has 0 heterocycles. The van der Waals surface area contributed by atoms with Gasteiger partial charge in [-0.25, -0.2) is 0 Å².